The third-order valence-electron chi connectivity index (χ3n) is 2.49. The van der Waals surface area contributed by atoms with Crippen LogP contribution in [0.4, 0.5) is 0 Å². The molecule has 0 unspecified atom stereocenters. The molecule has 0 fully saturated rings. The van der Waals surface area contributed by atoms with Gasteiger partial charge < -0.3 is 10.2 Å². The molecule has 0 radical (unpaired) electrons. The van der Waals surface area contributed by atoms with Gasteiger partial charge in [-0.15, -0.1) is 11.3 Å². The summed E-state index contributed by atoms with van der Waals surface area (Å²) in [7, 11) is 3.69. The highest BCUT2D eigenvalue weighted by Crippen LogP contribution is 2.27. The number of hydrogen-bond donors (Lipinski definition) is 1. The highest BCUT2D eigenvalue weighted by molar-refractivity contribution is 7.19. The first kappa shape index (κ1) is 14.5. The molecular weight excluding hydrogens is 274 g/mol. The van der Waals surface area contributed by atoms with Crippen molar-refractivity contribution >= 4 is 33.1 Å². The quantitative estimate of drug-likeness (QED) is 0.520. The summed E-state index contributed by atoms with van der Waals surface area (Å²) in [5, 5.41) is 2.39. The van der Waals surface area contributed by atoms with Gasteiger partial charge in [0.1, 0.15) is 10.6 Å². The average molecular weight is 291 g/mol. The van der Waals surface area contributed by atoms with E-state index in [2.05, 4.69) is 10.4 Å². The molecule has 2 aromatic rings. The lowest BCUT2D eigenvalue weighted by atomic mass is 10.3. The topological polar surface area (TPSA) is 54.5 Å². The van der Waals surface area contributed by atoms with Crippen LogP contribution in [0.5, 0.6) is 0 Å². The minimum Gasteiger partial charge on any atom is -0.462 e. The summed E-state index contributed by atoms with van der Waals surface area (Å²) >= 11 is 1.47. The first-order valence-electron chi connectivity index (χ1n) is 6.28. The van der Waals surface area contributed by atoms with E-state index in [-0.39, 0.29) is 5.97 Å². The van der Waals surface area contributed by atoms with Gasteiger partial charge in [-0.05, 0) is 19.1 Å². The van der Waals surface area contributed by atoms with Crippen molar-refractivity contribution in [2.45, 2.75) is 6.92 Å². The van der Waals surface area contributed by atoms with Gasteiger partial charge in [-0.1, -0.05) is 12.1 Å². The monoisotopic (exact) mass is 291 g/mol. The maximum absolute atomic E-state index is 12.1. The van der Waals surface area contributed by atoms with Gasteiger partial charge in [-0.2, -0.15) is 0 Å². The van der Waals surface area contributed by atoms with Crippen molar-refractivity contribution in [2.75, 3.05) is 20.7 Å². The van der Waals surface area contributed by atoms with E-state index >= 15 is 0 Å². The van der Waals surface area contributed by atoms with E-state index in [9.17, 15) is 4.79 Å². The van der Waals surface area contributed by atoms with E-state index in [0.29, 0.717) is 17.2 Å². The number of ether oxygens (including phenoxy) is 1. The smallest absolute Gasteiger partial charge is 0.342 e. The standard InChI is InChI=1S/C14H17N3O2S/c1-4-19-14(18)10(9-15-17(2)3)13-16-11-7-5-6-8-12(11)20-13/h5-9,15H,4H2,1-3H3. The van der Waals surface area contributed by atoms with Crippen molar-refractivity contribution in [1.82, 2.24) is 15.4 Å². The number of thiazole rings is 1. The van der Waals surface area contributed by atoms with Crippen LogP contribution in [0.1, 0.15) is 11.9 Å². The maximum atomic E-state index is 12.1. The number of nitrogens with one attached hydrogen (secondary N) is 1. The van der Waals surface area contributed by atoms with E-state index in [1.165, 1.54) is 11.3 Å². The molecule has 0 aliphatic heterocycles. The lowest BCUT2D eigenvalue weighted by Gasteiger charge is -2.10. The summed E-state index contributed by atoms with van der Waals surface area (Å²) in [4.78, 5) is 16.5. The average Bonchev–Trinajstić information content (AvgIpc) is 2.82. The summed E-state index contributed by atoms with van der Waals surface area (Å²) < 4.78 is 6.13. The molecule has 0 spiro atoms. The molecule has 20 heavy (non-hydrogen) atoms. The number of hydrazine groups is 1. The fourth-order valence-corrected chi connectivity index (χ4v) is 2.57. The molecule has 0 atom stereocenters. The van der Waals surface area contributed by atoms with Crippen molar-refractivity contribution in [1.29, 1.82) is 0 Å². The summed E-state index contributed by atoms with van der Waals surface area (Å²) in [6, 6.07) is 7.80. The highest BCUT2D eigenvalue weighted by Gasteiger charge is 2.17. The molecule has 0 saturated carbocycles. The third kappa shape index (κ3) is 3.34. The van der Waals surface area contributed by atoms with Gasteiger partial charge in [-0.3, -0.25) is 0 Å². The summed E-state index contributed by atoms with van der Waals surface area (Å²) in [6.07, 6.45) is 1.62. The van der Waals surface area contributed by atoms with Crippen molar-refractivity contribution in [3.8, 4) is 0 Å². The van der Waals surface area contributed by atoms with E-state index in [1.807, 2.05) is 38.4 Å². The molecular formula is C14H17N3O2S. The number of benzene rings is 1. The Bertz CT molecular complexity index is 601. The molecule has 1 N–H and O–H groups in total. The van der Waals surface area contributed by atoms with E-state index in [0.717, 1.165) is 10.2 Å². The molecule has 5 nitrogen and oxygen atoms in total. The Morgan fingerprint density at radius 1 is 1.45 bits per heavy atom. The molecule has 0 aliphatic rings. The number of hydrogen-bond acceptors (Lipinski definition) is 6. The zero-order valence-electron chi connectivity index (χ0n) is 11.7. The molecule has 106 valence electrons. The lowest BCUT2D eigenvalue weighted by molar-refractivity contribution is -0.136. The van der Waals surface area contributed by atoms with Crippen LogP contribution in [0.25, 0.3) is 15.8 Å². The first-order valence-corrected chi connectivity index (χ1v) is 7.10. The van der Waals surface area contributed by atoms with Crippen molar-refractivity contribution in [2.24, 2.45) is 0 Å². The van der Waals surface area contributed by atoms with Crippen LogP contribution in [0.15, 0.2) is 30.5 Å². The normalized spacial score (nSPS) is 11.9. The van der Waals surface area contributed by atoms with Gasteiger partial charge in [0.25, 0.3) is 0 Å². The summed E-state index contributed by atoms with van der Waals surface area (Å²) in [5.41, 5.74) is 4.28. The van der Waals surface area contributed by atoms with Crippen LogP contribution in [0.3, 0.4) is 0 Å². The zero-order chi connectivity index (χ0) is 14.5. The van der Waals surface area contributed by atoms with Gasteiger partial charge in [0, 0.05) is 20.3 Å². The summed E-state index contributed by atoms with van der Waals surface area (Å²) in [5.74, 6) is -0.374. The number of carbonyl (C=O) groups is 1. The largest absolute Gasteiger partial charge is 0.462 e. The molecule has 2 rings (SSSR count). The Labute approximate surface area is 121 Å². The molecule has 1 aromatic heterocycles. The van der Waals surface area contributed by atoms with Gasteiger partial charge in [0.2, 0.25) is 0 Å². The second kappa shape index (κ2) is 6.49. The Morgan fingerprint density at radius 2 is 2.20 bits per heavy atom. The fraction of sp³-hybridized carbons (Fsp3) is 0.286. The van der Waals surface area contributed by atoms with Crippen LogP contribution >= 0.6 is 11.3 Å². The van der Waals surface area contributed by atoms with Gasteiger partial charge >= 0.3 is 5.97 Å². The predicted octanol–water partition coefficient (Wildman–Crippen LogP) is 2.27. The Morgan fingerprint density at radius 3 is 2.85 bits per heavy atom. The summed E-state index contributed by atoms with van der Waals surface area (Å²) in [6.45, 7) is 2.12. The highest BCUT2D eigenvalue weighted by atomic mass is 32.1. The maximum Gasteiger partial charge on any atom is 0.342 e. The molecule has 0 saturated heterocycles. The Kier molecular flexibility index (Phi) is 4.70. The van der Waals surface area contributed by atoms with E-state index in [4.69, 9.17) is 4.74 Å². The number of nitrogens with zero attached hydrogens (tertiary/aromatic N) is 2. The SMILES string of the molecule is CCOC(=O)C(=CNN(C)C)c1nc2ccccc2s1. The lowest BCUT2D eigenvalue weighted by Crippen LogP contribution is -2.26. The molecule has 0 aliphatic carbocycles. The Balaban J connectivity index is 2.39. The molecule has 1 heterocycles. The number of fused-ring (bicyclic) bond motifs is 1. The van der Waals surface area contributed by atoms with Crippen LogP contribution in [0, 0.1) is 0 Å². The minimum absolute atomic E-state index is 0.336. The zero-order valence-corrected chi connectivity index (χ0v) is 12.5. The molecule has 0 bridgehead atoms. The second-order valence-electron chi connectivity index (χ2n) is 4.29. The number of aromatic nitrogens is 1. The fourth-order valence-electron chi connectivity index (χ4n) is 1.60. The van der Waals surface area contributed by atoms with Crippen LogP contribution in [-0.2, 0) is 9.53 Å². The van der Waals surface area contributed by atoms with Gasteiger partial charge in [0.15, 0.2) is 0 Å². The second-order valence-corrected chi connectivity index (χ2v) is 5.32. The van der Waals surface area contributed by atoms with Crippen molar-refractivity contribution in [3.05, 3.63) is 35.5 Å². The number of esters is 1. The van der Waals surface area contributed by atoms with Crippen molar-refractivity contribution in [3.63, 3.8) is 0 Å². The first-order chi connectivity index (χ1) is 9.61. The van der Waals surface area contributed by atoms with Crippen LogP contribution < -0.4 is 5.43 Å². The molecule has 0 amide bonds. The number of carbonyl (C=O) groups excluding carboxylic acids is 1. The van der Waals surface area contributed by atoms with Gasteiger partial charge in [-0.25, -0.2) is 14.8 Å². The van der Waals surface area contributed by atoms with Gasteiger partial charge in [0.05, 0.1) is 16.8 Å². The molecule has 6 heteroatoms. The van der Waals surface area contributed by atoms with Crippen molar-refractivity contribution < 1.29 is 9.53 Å². The van der Waals surface area contributed by atoms with Crippen LogP contribution in [0.2, 0.25) is 0 Å². The third-order valence-corrected chi connectivity index (χ3v) is 3.56. The minimum atomic E-state index is -0.374. The van der Waals surface area contributed by atoms with E-state index in [1.54, 1.807) is 18.1 Å². The Hall–Kier alpha value is -1.92. The predicted molar refractivity (Wildman–Crippen MR) is 81.1 cm³/mol. The number of para-hydroxylation sites is 1. The van der Waals surface area contributed by atoms with E-state index < -0.39 is 0 Å². The van der Waals surface area contributed by atoms with Crippen LogP contribution in [-0.4, -0.2) is 36.7 Å². The number of rotatable bonds is 5. The molecule has 1 aromatic carbocycles.